The summed E-state index contributed by atoms with van der Waals surface area (Å²) in [6.45, 7) is 2.06. The summed E-state index contributed by atoms with van der Waals surface area (Å²) in [5, 5.41) is 22.2. The predicted octanol–water partition coefficient (Wildman–Crippen LogP) is 5.30. The van der Waals surface area contributed by atoms with Crippen LogP contribution in [0.2, 0.25) is 15.1 Å². The smallest absolute Gasteiger partial charge is 0.266 e. The predicted molar refractivity (Wildman–Crippen MR) is 103 cm³/mol. The van der Waals surface area contributed by atoms with Gasteiger partial charge in [-0.05, 0) is 42.8 Å². The molecule has 5 nitrogen and oxygen atoms in total. The molecule has 0 saturated carbocycles. The summed E-state index contributed by atoms with van der Waals surface area (Å²) in [5.41, 5.74) is 0.509. The van der Waals surface area contributed by atoms with Crippen molar-refractivity contribution in [2.45, 2.75) is 6.92 Å². The molecule has 2 aromatic carbocycles. The fourth-order valence-corrected chi connectivity index (χ4v) is 2.61. The van der Waals surface area contributed by atoms with Crippen molar-refractivity contribution in [3.63, 3.8) is 0 Å². The first-order chi connectivity index (χ1) is 12.4. The van der Waals surface area contributed by atoms with E-state index in [1.165, 1.54) is 18.2 Å². The lowest BCUT2D eigenvalue weighted by Gasteiger charge is -2.09. The maximum atomic E-state index is 12.4. The van der Waals surface area contributed by atoms with Crippen molar-refractivity contribution < 1.29 is 14.6 Å². The molecule has 0 heterocycles. The van der Waals surface area contributed by atoms with Gasteiger partial charge in [0.15, 0.2) is 11.5 Å². The zero-order valence-corrected chi connectivity index (χ0v) is 15.8. The Hall–Kier alpha value is -2.39. The molecule has 2 N–H and O–H groups in total. The summed E-state index contributed by atoms with van der Waals surface area (Å²) in [5.74, 6) is -0.722. The van der Waals surface area contributed by atoms with Gasteiger partial charge in [-0.3, -0.25) is 4.79 Å². The number of phenols is 1. The van der Waals surface area contributed by atoms with Crippen molar-refractivity contribution in [3.05, 3.63) is 56.5 Å². The monoisotopic (exact) mass is 410 g/mol. The first kappa shape index (κ1) is 19.9. The zero-order chi connectivity index (χ0) is 19.3. The molecule has 0 aliphatic carbocycles. The molecule has 0 spiro atoms. The minimum atomic E-state index is -0.668. The molecule has 0 atom stereocenters. The van der Waals surface area contributed by atoms with Crippen molar-refractivity contribution in [3.8, 4) is 17.6 Å². The summed E-state index contributed by atoms with van der Waals surface area (Å²) in [6.07, 6.45) is 1.32. The van der Waals surface area contributed by atoms with Crippen LogP contribution in [0, 0.1) is 11.3 Å². The van der Waals surface area contributed by atoms with Crippen LogP contribution in [0.25, 0.3) is 6.08 Å². The van der Waals surface area contributed by atoms with Crippen molar-refractivity contribution >= 4 is 52.5 Å². The Morgan fingerprint density at radius 1 is 1.31 bits per heavy atom. The Kier molecular flexibility index (Phi) is 6.76. The Balaban J connectivity index is 2.34. The molecule has 0 saturated heterocycles. The molecule has 0 fully saturated rings. The van der Waals surface area contributed by atoms with Gasteiger partial charge in [-0.15, -0.1) is 0 Å². The Labute approximate surface area is 165 Å². The highest BCUT2D eigenvalue weighted by Crippen LogP contribution is 2.36. The maximum absolute atomic E-state index is 12.4. The van der Waals surface area contributed by atoms with Crippen LogP contribution in [0.3, 0.4) is 0 Å². The lowest BCUT2D eigenvalue weighted by atomic mass is 10.1. The molecule has 8 heteroatoms. The first-order valence-corrected chi connectivity index (χ1v) is 8.53. The second kappa shape index (κ2) is 8.81. The normalized spacial score (nSPS) is 11.0. The number of nitrogens with one attached hydrogen (secondary N) is 1. The number of rotatable bonds is 5. The molecule has 0 bridgehead atoms. The van der Waals surface area contributed by atoms with Crippen molar-refractivity contribution in [1.29, 1.82) is 5.26 Å². The Morgan fingerprint density at radius 2 is 2.04 bits per heavy atom. The highest BCUT2D eigenvalue weighted by molar-refractivity contribution is 6.44. The third kappa shape index (κ3) is 4.61. The molecule has 0 aromatic heterocycles. The number of phenolic OH excluding ortho intramolecular Hbond substituents is 1. The number of nitrogens with zero attached hydrogens (tertiary/aromatic N) is 1. The molecule has 134 valence electrons. The van der Waals surface area contributed by atoms with Gasteiger partial charge in [-0.1, -0.05) is 40.9 Å². The van der Waals surface area contributed by atoms with E-state index in [2.05, 4.69) is 5.32 Å². The number of nitriles is 1. The van der Waals surface area contributed by atoms with Crippen LogP contribution in [-0.2, 0) is 4.79 Å². The number of carbonyl (C=O) groups excluding carboxylic acids is 1. The second-order valence-corrected chi connectivity index (χ2v) is 6.20. The number of hydrogen-bond acceptors (Lipinski definition) is 4. The summed E-state index contributed by atoms with van der Waals surface area (Å²) in [7, 11) is 0. The lowest BCUT2D eigenvalue weighted by Crippen LogP contribution is -2.13. The molecule has 0 aliphatic rings. The van der Waals surface area contributed by atoms with E-state index >= 15 is 0 Å². The van der Waals surface area contributed by atoms with Gasteiger partial charge in [0, 0.05) is 0 Å². The molecule has 0 aliphatic heterocycles. The van der Waals surface area contributed by atoms with Gasteiger partial charge in [-0.2, -0.15) is 5.26 Å². The Bertz CT molecular complexity index is 921. The molecule has 26 heavy (non-hydrogen) atoms. The molecule has 1 amide bonds. The van der Waals surface area contributed by atoms with E-state index in [4.69, 9.17) is 39.5 Å². The van der Waals surface area contributed by atoms with E-state index in [0.29, 0.717) is 12.2 Å². The summed E-state index contributed by atoms with van der Waals surface area (Å²) in [6, 6.07) is 9.46. The third-order valence-electron chi connectivity index (χ3n) is 3.23. The summed E-state index contributed by atoms with van der Waals surface area (Å²) >= 11 is 17.9. The molecule has 2 rings (SSSR count). The number of benzene rings is 2. The lowest BCUT2D eigenvalue weighted by molar-refractivity contribution is -0.112. The SMILES string of the molecule is CCOc1cc(/C=C(\C#N)C(=O)Nc2cccc(Cl)c2Cl)cc(Cl)c1O. The topological polar surface area (TPSA) is 82.3 Å². The molecule has 2 aromatic rings. The summed E-state index contributed by atoms with van der Waals surface area (Å²) in [4.78, 5) is 12.4. The number of aromatic hydroxyl groups is 1. The highest BCUT2D eigenvalue weighted by atomic mass is 35.5. The third-order valence-corrected chi connectivity index (χ3v) is 4.33. The van der Waals surface area contributed by atoms with Gasteiger partial charge < -0.3 is 15.2 Å². The van der Waals surface area contributed by atoms with E-state index in [1.807, 2.05) is 6.07 Å². The van der Waals surface area contributed by atoms with E-state index in [-0.39, 0.29) is 37.8 Å². The van der Waals surface area contributed by atoms with E-state index in [1.54, 1.807) is 25.1 Å². The quantitative estimate of drug-likeness (QED) is 0.517. The molecular formula is C18H13Cl3N2O3. The zero-order valence-electron chi connectivity index (χ0n) is 13.5. The number of ether oxygens (including phenoxy) is 1. The molecule has 0 unspecified atom stereocenters. The minimum absolute atomic E-state index is 0.0396. The second-order valence-electron chi connectivity index (χ2n) is 5.01. The Morgan fingerprint density at radius 3 is 2.69 bits per heavy atom. The number of hydrogen-bond donors (Lipinski definition) is 2. The van der Waals surface area contributed by atoms with Crippen LogP contribution in [0.5, 0.6) is 11.5 Å². The van der Waals surface area contributed by atoms with Crippen molar-refractivity contribution in [1.82, 2.24) is 0 Å². The van der Waals surface area contributed by atoms with Gasteiger partial charge in [0.05, 0.1) is 27.4 Å². The number of amides is 1. The maximum Gasteiger partial charge on any atom is 0.266 e. The van der Waals surface area contributed by atoms with Crippen LogP contribution >= 0.6 is 34.8 Å². The molecular weight excluding hydrogens is 399 g/mol. The van der Waals surface area contributed by atoms with Gasteiger partial charge in [-0.25, -0.2) is 0 Å². The van der Waals surface area contributed by atoms with Gasteiger partial charge in [0.25, 0.3) is 5.91 Å². The fraction of sp³-hybridized carbons (Fsp3) is 0.111. The van der Waals surface area contributed by atoms with Gasteiger partial charge in [0.1, 0.15) is 11.6 Å². The highest BCUT2D eigenvalue weighted by Gasteiger charge is 2.14. The first-order valence-electron chi connectivity index (χ1n) is 7.39. The minimum Gasteiger partial charge on any atom is -0.503 e. The average molecular weight is 412 g/mol. The fourth-order valence-electron chi connectivity index (χ4n) is 2.05. The average Bonchev–Trinajstić information content (AvgIpc) is 2.61. The van der Waals surface area contributed by atoms with E-state index < -0.39 is 5.91 Å². The number of halogens is 3. The van der Waals surface area contributed by atoms with E-state index in [9.17, 15) is 15.2 Å². The van der Waals surface area contributed by atoms with Crippen molar-refractivity contribution in [2.24, 2.45) is 0 Å². The number of carbonyl (C=O) groups is 1. The van der Waals surface area contributed by atoms with Gasteiger partial charge in [0.2, 0.25) is 0 Å². The van der Waals surface area contributed by atoms with Crippen LogP contribution in [0.1, 0.15) is 12.5 Å². The largest absolute Gasteiger partial charge is 0.503 e. The van der Waals surface area contributed by atoms with Crippen LogP contribution in [-0.4, -0.2) is 17.6 Å². The van der Waals surface area contributed by atoms with Crippen LogP contribution in [0.4, 0.5) is 5.69 Å². The standard InChI is InChI=1S/C18H13Cl3N2O3/c1-2-26-15-8-10(7-13(20)17(15)24)6-11(9-22)18(25)23-14-5-3-4-12(19)16(14)21/h3-8,24H,2H2,1H3,(H,23,25)/b11-6+. The van der Waals surface area contributed by atoms with Gasteiger partial charge >= 0.3 is 0 Å². The molecule has 0 radical (unpaired) electrons. The summed E-state index contributed by atoms with van der Waals surface area (Å²) < 4.78 is 5.28. The van der Waals surface area contributed by atoms with E-state index in [0.717, 1.165) is 0 Å². The van der Waals surface area contributed by atoms with Crippen molar-refractivity contribution in [2.75, 3.05) is 11.9 Å². The van der Waals surface area contributed by atoms with Crippen LogP contribution < -0.4 is 10.1 Å². The number of anilines is 1. The van der Waals surface area contributed by atoms with Crippen LogP contribution in [0.15, 0.2) is 35.9 Å².